The van der Waals surface area contributed by atoms with E-state index in [9.17, 15) is 9.59 Å². The Morgan fingerprint density at radius 3 is 2.70 bits per heavy atom. The third-order valence-corrected chi connectivity index (χ3v) is 8.31. The summed E-state index contributed by atoms with van der Waals surface area (Å²) in [6.07, 6.45) is 7.72. The van der Waals surface area contributed by atoms with Crippen molar-refractivity contribution in [3.63, 3.8) is 0 Å². The van der Waals surface area contributed by atoms with Crippen LogP contribution >= 0.6 is 23.2 Å². The van der Waals surface area contributed by atoms with Crippen molar-refractivity contribution in [1.29, 1.82) is 0 Å². The van der Waals surface area contributed by atoms with Crippen molar-refractivity contribution in [2.24, 2.45) is 11.3 Å². The molecule has 4 fully saturated rings. The zero-order valence-corrected chi connectivity index (χ0v) is 18.4. The molecule has 4 aliphatic rings. The fourth-order valence-electron chi connectivity index (χ4n) is 5.58. The van der Waals surface area contributed by atoms with E-state index in [2.05, 4.69) is 11.9 Å². The number of hydrogen-bond acceptors (Lipinski definition) is 3. The molecule has 1 saturated heterocycles. The Kier molecular flexibility index (Phi) is 4.02. The first-order valence-electron chi connectivity index (χ1n) is 10.8. The van der Waals surface area contributed by atoms with E-state index in [1.54, 1.807) is 9.30 Å². The van der Waals surface area contributed by atoms with E-state index in [-0.39, 0.29) is 29.2 Å². The molecule has 0 N–H and O–H groups in total. The molecule has 0 bridgehead atoms. The lowest BCUT2D eigenvalue weighted by Gasteiger charge is -2.38. The van der Waals surface area contributed by atoms with Crippen molar-refractivity contribution in [1.82, 2.24) is 19.2 Å². The monoisotopic (exact) mass is 446 g/mol. The Hall–Kier alpha value is -1.79. The van der Waals surface area contributed by atoms with E-state index in [0.29, 0.717) is 41.1 Å². The van der Waals surface area contributed by atoms with Gasteiger partial charge in [-0.1, -0.05) is 30.1 Å². The van der Waals surface area contributed by atoms with Gasteiger partial charge in [-0.15, -0.1) is 0 Å². The smallest absolute Gasteiger partial charge is 0.276 e. The lowest BCUT2D eigenvalue weighted by molar-refractivity contribution is -0.137. The average molecular weight is 447 g/mol. The number of carbonyl (C=O) groups is 2. The van der Waals surface area contributed by atoms with Gasteiger partial charge in [0, 0.05) is 25.3 Å². The highest BCUT2D eigenvalue weighted by molar-refractivity contribution is 6.35. The van der Waals surface area contributed by atoms with Gasteiger partial charge >= 0.3 is 0 Å². The number of halogens is 2. The second-order valence-corrected chi connectivity index (χ2v) is 10.6. The number of hydrogen-bond donors (Lipinski definition) is 0. The van der Waals surface area contributed by atoms with E-state index in [4.69, 9.17) is 23.2 Å². The Balaban J connectivity index is 1.22. The first-order valence-corrected chi connectivity index (χ1v) is 11.6. The van der Waals surface area contributed by atoms with Crippen molar-refractivity contribution in [2.45, 2.75) is 51.0 Å². The summed E-state index contributed by atoms with van der Waals surface area (Å²) < 4.78 is 1.70. The maximum Gasteiger partial charge on any atom is 0.276 e. The van der Waals surface area contributed by atoms with Gasteiger partial charge in [0.25, 0.3) is 5.91 Å². The van der Waals surface area contributed by atoms with Crippen molar-refractivity contribution in [3.05, 3.63) is 33.7 Å². The summed E-state index contributed by atoms with van der Waals surface area (Å²) in [5.41, 5.74) is 2.22. The molecule has 2 amide bonds. The first-order chi connectivity index (χ1) is 14.3. The molecule has 0 radical (unpaired) electrons. The predicted octanol–water partition coefficient (Wildman–Crippen LogP) is 3.99. The van der Waals surface area contributed by atoms with E-state index >= 15 is 0 Å². The summed E-state index contributed by atoms with van der Waals surface area (Å²) in [5, 5.41) is 0.757. The highest BCUT2D eigenvalue weighted by Crippen LogP contribution is 2.64. The molecule has 6 nitrogen and oxygen atoms in total. The van der Waals surface area contributed by atoms with Crippen LogP contribution in [0, 0.1) is 11.3 Å². The fraction of sp³-hybridized carbons (Fsp3) is 0.591. The molecule has 1 aliphatic heterocycles. The highest BCUT2D eigenvalue weighted by Gasteiger charge is 2.58. The number of rotatable bonds is 3. The van der Waals surface area contributed by atoms with Crippen LogP contribution in [0.3, 0.4) is 0 Å². The van der Waals surface area contributed by atoms with Crippen molar-refractivity contribution in [3.8, 4) is 0 Å². The molecule has 3 saturated carbocycles. The number of piperazine rings is 1. The topological polar surface area (TPSA) is 57.9 Å². The molecule has 2 aromatic heterocycles. The van der Waals surface area contributed by atoms with Crippen molar-refractivity contribution < 1.29 is 9.59 Å². The molecule has 0 aromatic carbocycles. The Labute approximate surface area is 185 Å². The maximum absolute atomic E-state index is 13.2. The summed E-state index contributed by atoms with van der Waals surface area (Å²) in [7, 11) is 0. The van der Waals surface area contributed by atoms with Crippen LogP contribution in [0.4, 0.5) is 0 Å². The van der Waals surface area contributed by atoms with Crippen LogP contribution in [0.15, 0.2) is 12.3 Å². The quantitative estimate of drug-likeness (QED) is 0.715. The van der Waals surface area contributed by atoms with E-state index in [0.717, 1.165) is 37.2 Å². The molecule has 3 aliphatic carbocycles. The summed E-state index contributed by atoms with van der Waals surface area (Å²) in [5.74, 6) is 1.01. The van der Waals surface area contributed by atoms with Crippen LogP contribution < -0.4 is 0 Å². The molecular weight excluding hydrogens is 423 g/mol. The SMILES string of the molecule is CC12CC(N3CCN(C(=O)c4nc5c(Cl)cc(C6CC6)cn5c4Cl)CC3=O)CC1C2. The average Bonchev–Trinajstić information content (AvgIpc) is 3.61. The van der Waals surface area contributed by atoms with Crippen LogP contribution in [-0.2, 0) is 4.79 Å². The lowest BCUT2D eigenvalue weighted by Crippen LogP contribution is -2.55. The fourth-order valence-corrected chi connectivity index (χ4v) is 6.09. The normalized spacial score (nSPS) is 30.8. The minimum atomic E-state index is -0.304. The van der Waals surface area contributed by atoms with E-state index in [1.165, 1.54) is 6.42 Å². The lowest BCUT2D eigenvalue weighted by atomic mass is 10.0. The van der Waals surface area contributed by atoms with Crippen molar-refractivity contribution in [2.75, 3.05) is 19.6 Å². The predicted molar refractivity (Wildman–Crippen MR) is 114 cm³/mol. The standard InChI is InChI=1S/C22H24Cl2N4O2/c1-22-8-14(22)7-15(9-22)27-5-4-26(11-17(27)29)21(30)18-19(24)28-10-13(12-2-3-12)6-16(23)20(28)25-18/h6,10,12,14-15H,2-5,7-9,11H2,1H3. The number of imidazole rings is 1. The van der Waals surface area contributed by atoms with Gasteiger partial charge in [0.2, 0.25) is 5.91 Å². The van der Waals surface area contributed by atoms with Crippen molar-refractivity contribution >= 4 is 40.7 Å². The van der Waals surface area contributed by atoms with Gasteiger partial charge in [-0.2, -0.15) is 0 Å². The molecule has 6 rings (SSSR count). The second-order valence-electron chi connectivity index (χ2n) is 9.80. The Morgan fingerprint density at radius 1 is 1.23 bits per heavy atom. The van der Waals surface area contributed by atoms with E-state index in [1.807, 2.05) is 17.2 Å². The summed E-state index contributed by atoms with van der Waals surface area (Å²) in [6.45, 7) is 3.50. The van der Waals surface area contributed by atoms with Gasteiger partial charge in [-0.3, -0.25) is 14.0 Å². The van der Waals surface area contributed by atoms with Crippen LogP contribution in [0.1, 0.15) is 61.0 Å². The molecule has 8 heteroatoms. The maximum atomic E-state index is 13.2. The Bertz CT molecular complexity index is 1090. The molecule has 30 heavy (non-hydrogen) atoms. The second kappa shape index (κ2) is 6.36. The van der Waals surface area contributed by atoms with Gasteiger partial charge in [0.15, 0.2) is 11.3 Å². The van der Waals surface area contributed by atoms with Gasteiger partial charge in [-0.05, 0) is 61.0 Å². The number of carbonyl (C=O) groups excluding carboxylic acids is 2. The number of aromatic nitrogens is 2. The third-order valence-electron chi connectivity index (χ3n) is 7.67. The Morgan fingerprint density at radius 2 is 2.03 bits per heavy atom. The van der Waals surface area contributed by atoms with Gasteiger partial charge in [0.05, 0.1) is 5.02 Å². The summed E-state index contributed by atoms with van der Waals surface area (Å²) in [4.78, 5) is 34.0. The van der Waals surface area contributed by atoms with Gasteiger partial charge in [-0.25, -0.2) is 4.98 Å². The molecule has 0 spiro atoms. The number of amides is 2. The highest BCUT2D eigenvalue weighted by atomic mass is 35.5. The summed E-state index contributed by atoms with van der Waals surface area (Å²) in [6, 6.07) is 2.25. The van der Waals surface area contributed by atoms with Crippen LogP contribution in [0.2, 0.25) is 10.2 Å². The first kappa shape index (κ1) is 18.9. The third kappa shape index (κ3) is 2.87. The molecule has 2 aromatic rings. The van der Waals surface area contributed by atoms with Crippen LogP contribution in [0.5, 0.6) is 0 Å². The number of pyridine rings is 1. The largest absolute Gasteiger partial charge is 0.336 e. The zero-order valence-electron chi connectivity index (χ0n) is 16.9. The van der Waals surface area contributed by atoms with E-state index < -0.39 is 0 Å². The zero-order chi connectivity index (χ0) is 20.8. The minimum Gasteiger partial charge on any atom is -0.336 e. The molecular formula is C22H24Cl2N4O2. The minimum absolute atomic E-state index is 0.0263. The number of fused-ring (bicyclic) bond motifs is 2. The van der Waals surface area contributed by atoms with Gasteiger partial charge in [0.1, 0.15) is 11.7 Å². The molecule has 3 unspecified atom stereocenters. The molecule has 3 atom stereocenters. The molecule has 3 heterocycles. The van der Waals surface area contributed by atoms with Crippen LogP contribution in [-0.4, -0.2) is 56.7 Å². The van der Waals surface area contributed by atoms with Crippen LogP contribution in [0.25, 0.3) is 5.65 Å². The number of nitrogens with zero attached hydrogens (tertiary/aromatic N) is 4. The molecule has 158 valence electrons. The van der Waals surface area contributed by atoms with Gasteiger partial charge < -0.3 is 9.80 Å². The summed E-state index contributed by atoms with van der Waals surface area (Å²) >= 11 is 13.0.